The van der Waals surface area contributed by atoms with E-state index in [0.29, 0.717) is 5.69 Å². The monoisotopic (exact) mass is 260 g/mol. The van der Waals surface area contributed by atoms with Gasteiger partial charge in [0.15, 0.2) is 0 Å². The molecule has 0 aliphatic carbocycles. The number of alkyl halides is 3. The second-order valence-corrected chi connectivity index (χ2v) is 4.31. The summed E-state index contributed by atoms with van der Waals surface area (Å²) in [5, 5.41) is 3.27. The summed E-state index contributed by atoms with van der Waals surface area (Å²) in [6.07, 6.45) is -3.53. The molecular weight excluding hydrogens is 241 g/mol. The van der Waals surface area contributed by atoms with Crippen molar-refractivity contribution in [3.63, 3.8) is 0 Å². The van der Waals surface area contributed by atoms with E-state index in [1.807, 2.05) is 20.8 Å². The molecule has 0 aliphatic heterocycles. The maximum atomic E-state index is 12.6. The molecule has 2 unspecified atom stereocenters. The number of nitrogens with one attached hydrogen (secondary N) is 1. The van der Waals surface area contributed by atoms with E-state index in [2.05, 4.69) is 10.3 Å². The molecule has 2 atom stereocenters. The highest BCUT2D eigenvalue weighted by Crippen LogP contribution is 2.29. The highest BCUT2D eigenvalue weighted by atomic mass is 19.4. The quantitative estimate of drug-likeness (QED) is 0.875. The van der Waals surface area contributed by atoms with Crippen molar-refractivity contribution in [3.05, 3.63) is 29.6 Å². The molecule has 1 N–H and O–H groups in total. The molecule has 0 fully saturated rings. The molecule has 0 aliphatic rings. The van der Waals surface area contributed by atoms with Gasteiger partial charge in [-0.3, -0.25) is 0 Å². The van der Waals surface area contributed by atoms with Crippen LogP contribution in [0.2, 0.25) is 0 Å². The molecule has 1 heterocycles. The van der Waals surface area contributed by atoms with Crippen LogP contribution in [0.5, 0.6) is 0 Å². The Hall–Kier alpha value is -1.10. The van der Waals surface area contributed by atoms with E-state index in [-0.39, 0.29) is 12.0 Å². The molecule has 0 amide bonds. The Balaban J connectivity index is 2.95. The van der Waals surface area contributed by atoms with Crippen LogP contribution in [0.4, 0.5) is 13.2 Å². The van der Waals surface area contributed by atoms with E-state index in [4.69, 9.17) is 0 Å². The number of nitrogens with zero attached hydrogens (tertiary/aromatic N) is 1. The molecule has 0 bridgehead atoms. The number of likely N-dealkylation sites (N-methyl/N-ethyl adjacent to an activating group) is 1. The van der Waals surface area contributed by atoms with Gasteiger partial charge in [0.05, 0.1) is 0 Å². The van der Waals surface area contributed by atoms with Gasteiger partial charge in [0.2, 0.25) is 0 Å². The van der Waals surface area contributed by atoms with Gasteiger partial charge in [-0.2, -0.15) is 13.2 Å². The zero-order chi connectivity index (χ0) is 13.8. The zero-order valence-corrected chi connectivity index (χ0v) is 10.9. The maximum Gasteiger partial charge on any atom is 0.433 e. The van der Waals surface area contributed by atoms with Crippen molar-refractivity contribution in [3.8, 4) is 0 Å². The van der Waals surface area contributed by atoms with E-state index >= 15 is 0 Å². The first kappa shape index (κ1) is 15.0. The van der Waals surface area contributed by atoms with Crippen LogP contribution in [-0.2, 0) is 6.18 Å². The van der Waals surface area contributed by atoms with Crippen LogP contribution in [-0.4, -0.2) is 17.6 Å². The third-order valence-corrected chi connectivity index (χ3v) is 3.04. The lowest BCUT2D eigenvalue weighted by atomic mass is 9.95. The lowest BCUT2D eigenvalue weighted by Crippen LogP contribution is -2.33. The number of hydrogen-bond donors (Lipinski definition) is 1. The minimum Gasteiger partial charge on any atom is -0.314 e. The number of hydrogen-bond acceptors (Lipinski definition) is 2. The van der Waals surface area contributed by atoms with Crippen molar-refractivity contribution in [1.82, 2.24) is 10.3 Å². The van der Waals surface area contributed by atoms with Gasteiger partial charge in [0, 0.05) is 17.7 Å². The molecule has 0 radical (unpaired) electrons. The summed E-state index contributed by atoms with van der Waals surface area (Å²) in [6, 6.07) is 4.22. The van der Waals surface area contributed by atoms with Crippen molar-refractivity contribution >= 4 is 0 Å². The Labute approximate surface area is 106 Å². The summed E-state index contributed by atoms with van der Waals surface area (Å²) < 4.78 is 37.8. The molecule has 1 aromatic heterocycles. The first-order chi connectivity index (χ1) is 8.40. The van der Waals surface area contributed by atoms with E-state index in [1.54, 1.807) is 6.07 Å². The first-order valence-electron chi connectivity index (χ1n) is 6.17. The summed E-state index contributed by atoms with van der Waals surface area (Å²) in [5.74, 6) is -0.0442. The zero-order valence-electron chi connectivity index (χ0n) is 10.9. The summed E-state index contributed by atoms with van der Waals surface area (Å²) in [7, 11) is 0. The number of rotatable bonds is 5. The fourth-order valence-electron chi connectivity index (χ4n) is 2.01. The molecule has 0 saturated carbocycles. The van der Waals surface area contributed by atoms with E-state index in [1.165, 1.54) is 6.07 Å². The second-order valence-electron chi connectivity index (χ2n) is 4.31. The topological polar surface area (TPSA) is 24.9 Å². The van der Waals surface area contributed by atoms with E-state index in [0.717, 1.165) is 19.0 Å². The minimum atomic E-state index is -4.38. The second kappa shape index (κ2) is 6.18. The predicted molar refractivity (Wildman–Crippen MR) is 65.4 cm³/mol. The molecule has 0 saturated heterocycles. The van der Waals surface area contributed by atoms with Crippen molar-refractivity contribution in [2.24, 2.45) is 0 Å². The maximum absolute atomic E-state index is 12.6. The van der Waals surface area contributed by atoms with Gasteiger partial charge in [-0.15, -0.1) is 0 Å². The minimum absolute atomic E-state index is 0.0442. The fourth-order valence-corrected chi connectivity index (χ4v) is 2.01. The largest absolute Gasteiger partial charge is 0.433 e. The number of pyridine rings is 1. The van der Waals surface area contributed by atoms with Gasteiger partial charge in [-0.1, -0.05) is 26.8 Å². The average Bonchev–Trinajstić information content (AvgIpc) is 2.34. The Morgan fingerprint density at radius 2 is 1.94 bits per heavy atom. The average molecular weight is 260 g/mol. The fraction of sp³-hybridized carbons (Fsp3) is 0.615. The van der Waals surface area contributed by atoms with Crippen LogP contribution in [0.3, 0.4) is 0 Å². The van der Waals surface area contributed by atoms with Crippen molar-refractivity contribution in [2.45, 2.75) is 45.3 Å². The van der Waals surface area contributed by atoms with Crippen LogP contribution in [0.1, 0.15) is 44.5 Å². The Morgan fingerprint density at radius 3 is 2.44 bits per heavy atom. The van der Waals surface area contributed by atoms with E-state index in [9.17, 15) is 13.2 Å². The summed E-state index contributed by atoms with van der Waals surface area (Å²) in [6.45, 7) is 6.69. The molecule has 0 aromatic carbocycles. The lowest BCUT2D eigenvalue weighted by molar-refractivity contribution is -0.141. The van der Waals surface area contributed by atoms with Gasteiger partial charge in [0.1, 0.15) is 5.69 Å². The molecule has 1 aromatic rings. The SMILES string of the molecule is CCNC(CC)C(C)c1cccc(C(F)(F)F)n1. The molecule has 5 heteroatoms. The van der Waals surface area contributed by atoms with Crippen molar-refractivity contribution in [2.75, 3.05) is 6.54 Å². The van der Waals surface area contributed by atoms with Crippen molar-refractivity contribution in [1.29, 1.82) is 0 Å². The smallest absolute Gasteiger partial charge is 0.314 e. The Kier molecular flexibility index (Phi) is 5.14. The van der Waals surface area contributed by atoms with Gasteiger partial charge >= 0.3 is 6.18 Å². The lowest BCUT2D eigenvalue weighted by Gasteiger charge is -2.23. The van der Waals surface area contributed by atoms with E-state index < -0.39 is 11.9 Å². The Bertz CT molecular complexity index is 377. The Morgan fingerprint density at radius 1 is 1.28 bits per heavy atom. The standard InChI is InChI=1S/C13H19F3N2/c1-4-10(17-5-2)9(3)11-7-6-8-12(18-11)13(14,15)16/h6-10,17H,4-5H2,1-3H3. The van der Waals surface area contributed by atoms with Crippen LogP contribution < -0.4 is 5.32 Å². The third kappa shape index (κ3) is 3.70. The highest BCUT2D eigenvalue weighted by molar-refractivity contribution is 5.17. The molecule has 102 valence electrons. The number of aromatic nitrogens is 1. The van der Waals surface area contributed by atoms with Gasteiger partial charge < -0.3 is 5.32 Å². The van der Waals surface area contributed by atoms with Crippen molar-refractivity contribution < 1.29 is 13.2 Å². The summed E-state index contributed by atoms with van der Waals surface area (Å²) in [5.41, 5.74) is -0.337. The molecule has 0 spiro atoms. The summed E-state index contributed by atoms with van der Waals surface area (Å²) in [4.78, 5) is 3.73. The van der Waals surface area contributed by atoms with Crippen LogP contribution in [0.25, 0.3) is 0 Å². The predicted octanol–water partition coefficient (Wildman–Crippen LogP) is 3.59. The van der Waals surface area contributed by atoms with Crippen LogP contribution in [0.15, 0.2) is 18.2 Å². The third-order valence-electron chi connectivity index (χ3n) is 3.04. The first-order valence-corrected chi connectivity index (χ1v) is 6.17. The molecule has 1 rings (SSSR count). The molecule has 2 nitrogen and oxygen atoms in total. The van der Waals surface area contributed by atoms with Crippen LogP contribution >= 0.6 is 0 Å². The highest BCUT2D eigenvalue weighted by Gasteiger charge is 2.33. The van der Waals surface area contributed by atoms with Gasteiger partial charge in [0.25, 0.3) is 0 Å². The van der Waals surface area contributed by atoms with Gasteiger partial charge in [-0.25, -0.2) is 4.98 Å². The van der Waals surface area contributed by atoms with Gasteiger partial charge in [-0.05, 0) is 25.1 Å². The summed E-state index contributed by atoms with van der Waals surface area (Å²) >= 11 is 0. The van der Waals surface area contributed by atoms with Crippen LogP contribution in [0, 0.1) is 0 Å². The molecular formula is C13H19F3N2. The number of halogens is 3. The normalized spacial score (nSPS) is 15.4. The molecule has 18 heavy (non-hydrogen) atoms.